The van der Waals surface area contributed by atoms with Gasteiger partial charge >= 0.3 is 0 Å². The fourth-order valence-electron chi connectivity index (χ4n) is 4.44. The second-order valence-electron chi connectivity index (χ2n) is 8.75. The van der Waals surface area contributed by atoms with Crippen LogP contribution >= 0.6 is 23.2 Å². The molecule has 4 rings (SSSR count). The van der Waals surface area contributed by atoms with E-state index in [0.29, 0.717) is 28.4 Å². The molecule has 0 fully saturated rings. The zero-order valence-corrected chi connectivity index (χ0v) is 21.0. The van der Waals surface area contributed by atoms with Crippen LogP contribution < -0.4 is 10.2 Å². The minimum atomic E-state index is -0.221. The third kappa shape index (κ3) is 4.97. The summed E-state index contributed by atoms with van der Waals surface area (Å²) in [6, 6.07) is 18.2. The number of benzene rings is 3. The molecule has 0 saturated heterocycles. The molecule has 34 heavy (non-hydrogen) atoms. The van der Waals surface area contributed by atoms with Gasteiger partial charge in [0.2, 0.25) is 0 Å². The number of amides is 2. The van der Waals surface area contributed by atoms with Gasteiger partial charge in [0.1, 0.15) is 0 Å². The lowest BCUT2D eigenvalue weighted by Crippen LogP contribution is -2.32. The van der Waals surface area contributed by atoms with Gasteiger partial charge in [-0.2, -0.15) is 0 Å². The lowest BCUT2D eigenvalue weighted by atomic mass is 10.0. The van der Waals surface area contributed by atoms with Crippen molar-refractivity contribution in [2.24, 2.45) is 0 Å². The maximum absolute atomic E-state index is 13.6. The number of anilines is 2. The van der Waals surface area contributed by atoms with E-state index in [2.05, 4.69) is 10.2 Å². The van der Waals surface area contributed by atoms with E-state index < -0.39 is 0 Å². The van der Waals surface area contributed by atoms with Crippen LogP contribution in [0.25, 0.3) is 0 Å². The first-order chi connectivity index (χ1) is 16.3. The molecule has 3 aromatic carbocycles. The molecule has 1 heterocycles. The fraction of sp³-hybridized carbons (Fsp3) is 0.259. The Morgan fingerprint density at radius 1 is 1.00 bits per heavy atom. The minimum absolute atomic E-state index is 0.168. The van der Waals surface area contributed by atoms with Gasteiger partial charge in [0.05, 0.1) is 10.6 Å². The third-order valence-electron chi connectivity index (χ3n) is 6.21. The van der Waals surface area contributed by atoms with E-state index in [0.717, 1.165) is 29.7 Å². The molecule has 0 aliphatic carbocycles. The topological polar surface area (TPSA) is 52.7 Å². The molecule has 0 radical (unpaired) electrons. The maximum Gasteiger partial charge on any atom is 0.259 e. The SMILES string of the molecule is Cc1ccccc1C(=O)Nc1ccc(C(=O)N2CCCC(N(C)C)c3cc(Cl)ccc32)c(Cl)c1. The van der Waals surface area contributed by atoms with Crippen molar-refractivity contribution in [2.45, 2.75) is 25.8 Å². The van der Waals surface area contributed by atoms with Gasteiger partial charge in [-0.15, -0.1) is 0 Å². The van der Waals surface area contributed by atoms with E-state index in [-0.39, 0.29) is 22.9 Å². The molecule has 1 atom stereocenters. The monoisotopic (exact) mass is 495 g/mol. The Kier molecular flexibility index (Phi) is 7.27. The van der Waals surface area contributed by atoms with Crippen molar-refractivity contribution in [1.82, 2.24) is 4.90 Å². The molecule has 2 amide bonds. The van der Waals surface area contributed by atoms with E-state index in [4.69, 9.17) is 23.2 Å². The highest BCUT2D eigenvalue weighted by Crippen LogP contribution is 2.38. The second-order valence-corrected chi connectivity index (χ2v) is 9.59. The summed E-state index contributed by atoms with van der Waals surface area (Å²) in [5, 5.41) is 3.80. The smallest absolute Gasteiger partial charge is 0.259 e. The number of nitrogens with one attached hydrogen (secondary N) is 1. The van der Waals surface area contributed by atoms with E-state index >= 15 is 0 Å². The molecule has 0 spiro atoms. The normalized spacial score (nSPS) is 15.6. The Morgan fingerprint density at radius 3 is 2.47 bits per heavy atom. The van der Waals surface area contributed by atoms with Gasteiger partial charge in [-0.1, -0.05) is 41.4 Å². The average Bonchev–Trinajstić information content (AvgIpc) is 2.98. The van der Waals surface area contributed by atoms with Gasteiger partial charge in [0, 0.05) is 34.5 Å². The molecule has 7 heteroatoms. The van der Waals surface area contributed by atoms with Crippen molar-refractivity contribution in [3.05, 3.63) is 93.0 Å². The highest BCUT2D eigenvalue weighted by Gasteiger charge is 2.29. The van der Waals surface area contributed by atoms with E-state index in [1.54, 1.807) is 29.2 Å². The van der Waals surface area contributed by atoms with Gasteiger partial charge in [-0.25, -0.2) is 0 Å². The lowest BCUT2D eigenvalue weighted by molar-refractivity contribution is 0.0985. The largest absolute Gasteiger partial charge is 0.322 e. The van der Waals surface area contributed by atoms with Crippen LogP contribution in [0.5, 0.6) is 0 Å². The van der Waals surface area contributed by atoms with Crippen molar-refractivity contribution in [2.75, 3.05) is 30.9 Å². The average molecular weight is 496 g/mol. The third-order valence-corrected chi connectivity index (χ3v) is 6.76. The number of hydrogen-bond donors (Lipinski definition) is 1. The number of fused-ring (bicyclic) bond motifs is 1. The molecule has 3 aromatic rings. The molecule has 0 aromatic heterocycles. The van der Waals surface area contributed by atoms with Gasteiger partial charge in [0.25, 0.3) is 11.8 Å². The second kappa shape index (κ2) is 10.2. The van der Waals surface area contributed by atoms with Gasteiger partial charge in [0.15, 0.2) is 0 Å². The van der Waals surface area contributed by atoms with Gasteiger partial charge < -0.3 is 15.1 Å². The molecule has 176 valence electrons. The maximum atomic E-state index is 13.6. The van der Waals surface area contributed by atoms with Crippen molar-refractivity contribution < 1.29 is 9.59 Å². The Morgan fingerprint density at radius 2 is 1.76 bits per heavy atom. The molecule has 0 bridgehead atoms. The van der Waals surface area contributed by atoms with Gasteiger partial charge in [-0.3, -0.25) is 9.59 Å². The summed E-state index contributed by atoms with van der Waals surface area (Å²) in [6.07, 6.45) is 1.77. The van der Waals surface area contributed by atoms with Crippen LogP contribution in [0.4, 0.5) is 11.4 Å². The minimum Gasteiger partial charge on any atom is -0.322 e. The van der Waals surface area contributed by atoms with Crippen LogP contribution in [-0.4, -0.2) is 37.4 Å². The number of nitrogens with zero attached hydrogens (tertiary/aromatic N) is 2. The summed E-state index contributed by atoms with van der Waals surface area (Å²) < 4.78 is 0. The summed E-state index contributed by atoms with van der Waals surface area (Å²) in [6.45, 7) is 2.47. The molecular weight excluding hydrogens is 469 g/mol. The summed E-state index contributed by atoms with van der Waals surface area (Å²) >= 11 is 12.9. The molecule has 0 saturated carbocycles. The van der Waals surface area contributed by atoms with E-state index in [1.165, 1.54) is 0 Å². The van der Waals surface area contributed by atoms with Crippen LogP contribution in [0.2, 0.25) is 10.0 Å². The number of aryl methyl sites for hydroxylation is 1. The summed E-state index contributed by atoms with van der Waals surface area (Å²) in [5.74, 6) is -0.397. The molecule has 1 N–H and O–H groups in total. The quantitative estimate of drug-likeness (QED) is 0.443. The Hall–Kier alpha value is -2.86. The van der Waals surface area contributed by atoms with Crippen molar-refractivity contribution in [3.8, 4) is 0 Å². The van der Waals surface area contributed by atoms with Crippen molar-refractivity contribution >= 4 is 46.4 Å². The first-order valence-corrected chi connectivity index (χ1v) is 12.0. The van der Waals surface area contributed by atoms with E-state index in [9.17, 15) is 9.59 Å². The van der Waals surface area contributed by atoms with Crippen LogP contribution in [0.15, 0.2) is 60.7 Å². The Labute approximate surface area is 210 Å². The van der Waals surface area contributed by atoms with Crippen LogP contribution in [0.1, 0.15) is 50.7 Å². The van der Waals surface area contributed by atoms with Crippen molar-refractivity contribution in [1.29, 1.82) is 0 Å². The Bertz CT molecular complexity index is 1240. The molecule has 1 unspecified atom stereocenters. The first kappa shape index (κ1) is 24.3. The summed E-state index contributed by atoms with van der Waals surface area (Å²) in [4.78, 5) is 30.2. The Balaban J connectivity index is 1.61. The van der Waals surface area contributed by atoms with Crippen LogP contribution in [-0.2, 0) is 0 Å². The standard InChI is InChI=1S/C27H27Cl2N3O2/c1-17-7-4-5-8-20(17)26(33)30-19-11-12-21(23(29)16-19)27(34)32-14-6-9-24(31(2)3)22-15-18(28)10-13-25(22)32/h4-5,7-8,10-13,15-16,24H,6,9,14H2,1-3H3,(H,30,33). The highest BCUT2D eigenvalue weighted by atomic mass is 35.5. The lowest BCUT2D eigenvalue weighted by Gasteiger charge is -2.27. The highest BCUT2D eigenvalue weighted by molar-refractivity contribution is 6.35. The van der Waals surface area contributed by atoms with E-state index in [1.807, 2.05) is 57.4 Å². The summed E-state index contributed by atoms with van der Waals surface area (Å²) in [7, 11) is 4.07. The number of halogens is 2. The molecule has 5 nitrogen and oxygen atoms in total. The predicted molar refractivity (Wildman–Crippen MR) is 139 cm³/mol. The zero-order valence-electron chi connectivity index (χ0n) is 19.4. The number of hydrogen-bond acceptors (Lipinski definition) is 3. The molecule has 1 aliphatic rings. The molecule has 1 aliphatic heterocycles. The van der Waals surface area contributed by atoms with Gasteiger partial charge in [-0.05, 0) is 87.5 Å². The first-order valence-electron chi connectivity index (χ1n) is 11.2. The fourth-order valence-corrected chi connectivity index (χ4v) is 4.88. The predicted octanol–water partition coefficient (Wildman–Crippen LogP) is 6.60. The number of carbonyl (C=O) groups is 2. The van der Waals surface area contributed by atoms with Crippen LogP contribution in [0, 0.1) is 6.92 Å². The summed E-state index contributed by atoms with van der Waals surface area (Å²) in [5.41, 5.74) is 4.27. The molecular formula is C27H27Cl2N3O2. The zero-order chi connectivity index (χ0) is 24.4. The van der Waals surface area contributed by atoms with Crippen molar-refractivity contribution in [3.63, 3.8) is 0 Å². The van der Waals surface area contributed by atoms with Crippen LogP contribution in [0.3, 0.4) is 0 Å². The number of carbonyl (C=O) groups excluding carboxylic acids is 2. The number of rotatable bonds is 4.